The fourth-order valence-corrected chi connectivity index (χ4v) is 8.21. The quantitative estimate of drug-likeness (QED) is 0.187. The standard InChI is InChI=1S/C44H22N6O/c45-21-25-11-6-15-30-36(25)40-37-26(22-46)12-7-16-31(37)38(30)32-20-19-29(34(23-47)39(32)40)43-48-42(24-9-2-1-3-10-24)49-44(50-43)33-17-8-14-28-27-13-4-5-18-35(27)51-41(28)33/h1-20,38,40H. The molecule has 8 aromatic rings. The lowest BCUT2D eigenvalue weighted by molar-refractivity contribution is 0.669. The summed E-state index contributed by atoms with van der Waals surface area (Å²) in [6.07, 6.45) is 0. The molecule has 0 amide bonds. The van der Waals surface area contributed by atoms with Crippen LogP contribution >= 0.6 is 0 Å². The highest BCUT2D eigenvalue weighted by atomic mass is 16.3. The summed E-state index contributed by atoms with van der Waals surface area (Å²) >= 11 is 0. The van der Waals surface area contributed by atoms with Crippen molar-refractivity contribution in [3.05, 3.63) is 171 Å². The predicted octanol–water partition coefficient (Wildman–Crippen LogP) is 9.37. The SMILES string of the molecule is N#Cc1cccc2c1C1c3c(C#N)cccc3C2c2ccc(-c3nc(-c4ccccc4)nc(-c4cccc5c4oc4ccccc45)n3)c(C#N)c21. The summed E-state index contributed by atoms with van der Waals surface area (Å²) in [6.45, 7) is 0. The monoisotopic (exact) mass is 650 g/mol. The lowest BCUT2D eigenvalue weighted by Crippen LogP contribution is -2.30. The van der Waals surface area contributed by atoms with Gasteiger partial charge < -0.3 is 4.42 Å². The highest BCUT2D eigenvalue weighted by molar-refractivity contribution is 6.09. The molecule has 0 N–H and O–H groups in total. The van der Waals surface area contributed by atoms with E-state index in [4.69, 9.17) is 19.4 Å². The fourth-order valence-electron chi connectivity index (χ4n) is 8.21. The van der Waals surface area contributed by atoms with Crippen LogP contribution in [0.15, 0.2) is 126 Å². The van der Waals surface area contributed by atoms with Crippen LogP contribution in [0.2, 0.25) is 0 Å². The lowest BCUT2D eigenvalue weighted by atomic mass is 9.58. The maximum absolute atomic E-state index is 11.0. The van der Waals surface area contributed by atoms with Gasteiger partial charge in [-0.05, 0) is 63.7 Å². The Balaban J connectivity index is 1.25. The number of hydrogen-bond donors (Lipinski definition) is 0. The Hall–Kier alpha value is -7.40. The minimum Gasteiger partial charge on any atom is -0.455 e. The van der Waals surface area contributed by atoms with Crippen molar-refractivity contribution >= 4 is 21.9 Å². The van der Waals surface area contributed by atoms with Crippen molar-refractivity contribution in [2.24, 2.45) is 0 Å². The Morgan fingerprint density at radius 1 is 0.471 bits per heavy atom. The molecule has 0 atom stereocenters. The molecule has 7 heteroatoms. The van der Waals surface area contributed by atoms with Crippen molar-refractivity contribution in [1.82, 2.24) is 15.0 Å². The molecule has 0 fully saturated rings. The molecule has 0 spiro atoms. The van der Waals surface area contributed by atoms with Crippen LogP contribution in [-0.2, 0) is 0 Å². The molecule has 0 aliphatic heterocycles. The molecule has 2 bridgehead atoms. The van der Waals surface area contributed by atoms with Crippen LogP contribution in [0.25, 0.3) is 56.1 Å². The predicted molar refractivity (Wildman–Crippen MR) is 192 cm³/mol. The second-order valence-electron chi connectivity index (χ2n) is 12.8. The first-order chi connectivity index (χ1) is 25.2. The van der Waals surface area contributed by atoms with E-state index in [0.717, 1.165) is 55.3 Å². The van der Waals surface area contributed by atoms with Crippen LogP contribution < -0.4 is 0 Å². The minimum absolute atomic E-state index is 0.239. The van der Waals surface area contributed by atoms with Gasteiger partial charge in [0.1, 0.15) is 17.2 Å². The maximum Gasteiger partial charge on any atom is 0.167 e. The van der Waals surface area contributed by atoms with Gasteiger partial charge in [-0.2, -0.15) is 15.8 Å². The molecule has 2 aromatic heterocycles. The van der Waals surface area contributed by atoms with Crippen LogP contribution in [0, 0.1) is 34.0 Å². The molecule has 0 radical (unpaired) electrons. The number of nitriles is 3. The largest absolute Gasteiger partial charge is 0.455 e. The van der Waals surface area contributed by atoms with Gasteiger partial charge in [-0.1, -0.05) is 91.0 Å². The van der Waals surface area contributed by atoms with E-state index < -0.39 is 5.92 Å². The Morgan fingerprint density at radius 3 is 1.78 bits per heavy atom. The van der Waals surface area contributed by atoms with E-state index in [0.29, 0.717) is 50.9 Å². The van der Waals surface area contributed by atoms with Crippen LogP contribution in [-0.4, -0.2) is 15.0 Å². The van der Waals surface area contributed by atoms with E-state index in [2.05, 4.69) is 36.4 Å². The third kappa shape index (κ3) is 3.99. The molecule has 7 nitrogen and oxygen atoms in total. The molecule has 3 aliphatic carbocycles. The van der Waals surface area contributed by atoms with E-state index in [1.165, 1.54) is 0 Å². The number of para-hydroxylation sites is 2. The number of nitrogens with zero attached hydrogens (tertiary/aromatic N) is 6. The van der Waals surface area contributed by atoms with Gasteiger partial charge in [0.2, 0.25) is 0 Å². The molecule has 51 heavy (non-hydrogen) atoms. The van der Waals surface area contributed by atoms with Crippen molar-refractivity contribution < 1.29 is 4.42 Å². The summed E-state index contributed by atoms with van der Waals surface area (Å²) in [5.74, 6) is 0.491. The number of hydrogen-bond acceptors (Lipinski definition) is 7. The summed E-state index contributed by atoms with van der Waals surface area (Å²) in [5.41, 5.74) is 10.5. The van der Waals surface area contributed by atoms with Gasteiger partial charge in [0, 0.05) is 33.7 Å². The average molecular weight is 651 g/mol. The molecule has 0 saturated carbocycles. The van der Waals surface area contributed by atoms with Gasteiger partial charge in [0.05, 0.1) is 34.4 Å². The van der Waals surface area contributed by atoms with Crippen LogP contribution in [0.5, 0.6) is 0 Å². The maximum atomic E-state index is 11.0. The normalized spacial score (nSPS) is 15.0. The molecule has 234 valence electrons. The Labute approximate surface area is 292 Å². The molecule has 6 aromatic carbocycles. The zero-order valence-corrected chi connectivity index (χ0v) is 26.8. The molecule has 11 rings (SSSR count). The van der Waals surface area contributed by atoms with Gasteiger partial charge >= 0.3 is 0 Å². The third-order valence-electron chi connectivity index (χ3n) is 10.3. The van der Waals surface area contributed by atoms with Gasteiger partial charge in [-0.15, -0.1) is 0 Å². The number of furan rings is 1. The second-order valence-corrected chi connectivity index (χ2v) is 12.8. The zero-order valence-electron chi connectivity index (χ0n) is 26.8. The highest BCUT2D eigenvalue weighted by Gasteiger charge is 2.45. The van der Waals surface area contributed by atoms with E-state index in [1.54, 1.807) is 0 Å². The topological polar surface area (TPSA) is 123 Å². The third-order valence-corrected chi connectivity index (χ3v) is 10.3. The second kappa shape index (κ2) is 10.8. The minimum atomic E-state index is -0.490. The van der Waals surface area contributed by atoms with E-state index in [9.17, 15) is 15.8 Å². The fraction of sp³-hybridized carbons (Fsp3) is 0.0455. The molecular weight excluding hydrogens is 629 g/mol. The van der Waals surface area contributed by atoms with Crippen LogP contribution in [0.3, 0.4) is 0 Å². The Kier molecular flexibility index (Phi) is 6.06. The average Bonchev–Trinajstić information content (AvgIpc) is 3.58. The first kappa shape index (κ1) is 28.6. The lowest BCUT2D eigenvalue weighted by Gasteiger charge is -2.43. The van der Waals surface area contributed by atoms with Gasteiger partial charge in [-0.25, -0.2) is 15.0 Å². The van der Waals surface area contributed by atoms with Crippen molar-refractivity contribution in [2.45, 2.75) is 11.8 Å². The zero-order chi connectivity index (χ0) is 34.2. The molecule has 0 saturated heterocycles. The molecular formula is C44H22N6O. The number of rotatable bonds is 3. The first-order valence-corrected chi connectivity index (χ1v) is 16.5. The van der Waals surface area contributed by atoms with E-state index >= 15 is 0 Å². The van der Waals surface area contributed by atoms with Crippen molar-refractivity contribution in [3.63, 3.8) is 0 Å². The summed E-state index contributed by atoms with van der Waals surface area (Å²) < 4.78 is 6.39. The first-order valence-electron chi connectivity index (χ1n) is 16.5. The Bertz CT molecular complexity index is 2860. The van der Waals surface area contributed by atoms with Crippen molar-refractivity contribution in [1.29, 1.82) is 15.8 Å². The number of fused-ring (bicyclic) bond motifs is 3. The Morgan fingerprint density at radius 2 is 1.08 bits per heavy atom. The molecule has 2 heterocycles. The van der Waals surface area contributed by atoms with Crippen LogP contribution in [0.1, 0.15) is 61.9 Å². The summed E-state index contributed by atoms with van der Waals surface area (Å²) in [7, 11) is 0. The summed E-state index contributed by atoms with van der Waals surface area (Å²) in [6, 6.07) is 46.4. The number of benzene rings is 6. The summed E-state index contributed by atoms with van der Waals surface area (Å²) in [4.78, 5) is 15.0. The van der Waals surface area contributed by atoms with Crippen molar-refractivity contribution in [3.8, 4) is 52.4 Å². The van der Waals surface area contributed by atoms with Gasteiger partial charge in [0.25, 0.3) is 0 Å². The van der Waals surface area contributed by atoms with E-state index in [1.807, 2.05) is 103 Å². The van der Waals surface area contributed by atoms with Gasteiger partial charge in [-0.3, -0.25) is 0 Å². The van der Waals surface area contributed by atoms with Gasteiger partial charge in [0.15, 0.2) is 17.5 Å². The molecule has 0 unspecified atom stereocenters. The summed E-state index contributed by atoms with van der Waals surface area (Å²) in [5, 5.41) is 33.6. The van der Waals surface area contributed by atoms with Crippen molar-refractivity contribution in [2.75, 3.05) is 0 Å². The van der Waals surface area contributed by atoms with E-state index in [-0.39, 0.29) is 5.92 Å². The highest BCUT2D eigenvalue weighted by Crippen LogP contribution is 2.58. The number of aromatic nitrogens is 3. The smallest absolute Gasteiger partial charge is 0.167 e. The van der Waals surface area contributed by atoms with Crippen LogP contribution in [0.4, 0.5) is 0 Å². The molecule has 3 aliphatic rings.